The summed E-state index contributed by atoms with van der Waals surface area (Å²) in [5.41, 5.74) is 0. The van der Waals surface area contributed by atoms with Gasteiger partial charge in [-0.3, -0.25) is 0 Å². The molecule has 5 nitrogen and oxygen atoms in total. The molecule has 0 fully saturated rings. The molecule has 13 heavy (non-hydrogen) atoms. The van der Waals surface area contributed by atoms with Gasteiger partial charge >= 0.3 is 0 Å². The molecule has 1 heterocycles. The summed E-state index contributed by atoms with van der Waals surface area (Å²) in [6, 6.07) is 0. The van der Waals surface area contributed by atoms with Crippen LogP contribution in [0, 0.1) is 0 Å². The van der Waals surface area contributed by atoms with Gasteiger partial charge in [0.15, 0.2) is 5.82 Å². The molecule has 0 aliphatic carbocycles. The molecular weight excluding hydrogens is 168 g/mol. The Morgan fingerprint density at radius 2 is 2.31 bits per heavy atom. The van der Waals surface area contributed by atoms with E-state index in [9.17, 15) is 5.11 Å². The van der Waals surface area contributed by atoms with E-state index in [4.69, 9.17) is 0 Å². The number of nitrogens with zero attached hydrogens (tertiary/aromatic N) is 3. The second kappa shape index (κ2) is 5.64. The third kappa shape index (κ3) is 3.98. The van der Waals surface area contributed by atoms with E-state index in [0.717, 1.165) is 12.8 Å². The van der Waals surface area contributed by atoms with E-state index in [1.54, 1.807) is 0 Å². The van der Waals surface area contributed by atoms with Gasteiger partial charge < -0.3 is 5.11 Å². The smallest absolute Gasteiger partial charge is 0.177 e. The number of aliphatic hydroxyl groups excluding tert-OH is 1. The number of hydrogen-bond acceptors (Lipinski definition) is 4. The van der Waals surface area contributed by atoms with Crippen molar-refractivity contribution in [3.8, 4) is 0 Å². The average Bonchev–Trinajstić information content (AvgIpc) is 2.57. The number of unbranched alkanes of at least 4 members (excludes halogenated alkanes) is 2. The molecule has 1 atom stereocenters. The summed E-state index contributed by atoms with van der Waals surface area (Å²) in [4.78, 5) is 0. The van der Waals surface area contributed by atoms with Crippen molar-refractivity contribution >= 4 is 0 Å². The zero-order valence-electron chi connectivity index (χ0n) is 7.90. The minimum atomic E-state index is -0.329. The SMILES string of the molecule is CCCCC[C@@H](O)Cc1nn[nH]n1. The fourth-order valence-electron chi connectivity index (χ4n) is 1.21. The van der Waals surface area contributed by atoms with Crippen LogP contribution >= 0.6 is 0 Å². The number of H-pyrrole nitrogens is 1. The Kier molecular flexibility index (Phi) is 4.39. The van der Waals surface area contributed by atoms with Crippen molar-refractivity contribution in [2.45, 2.75) is 45.1 Å². The van der Waals surface area contributed by atoms with Crippen molar-refractivity contribution in [3.05, 3.63) is 5.82 Å². The molecule has 0 aliphatic heterocycles. The first kappa shape index (κ1) is 10.1. The highest BCUT2D eigenvalue weighted by molar-refractivity contribution is 4.79. The van der Waals surface area contributed by atoms with E-state index in [-0.39, 0.29) is 6.10 Å². The second-order valence-corrected chi connectivity index (χ2v) is 3.18. The predicted octanol–water partition coefficient (Wildman–Crippen LogP) is 0.683. The van der Waals surface area contributed by atoms with Crippen LogP contribution in [0.2, 0.25) is 0 Å². The Labute approximate surface area is 77.6 Å². The zero-order valence-corrected chi connectivity index (χ0v) is 7.90. The van der Waals surface area contributed by atoms with Gasteiger partial charge in [-0.15, -0.1) is 10.2 Å². The van der Waals surface area contributed by atoms with Crippen LogP contribution in [0.25, 0.3) is 0 Å². The number of tetrazole rings is 1. The Morgan fingerprint density at radius 3 is 2.92 bits per heavy atom. The van der Waals surface area contributed by atoms with Crippen LogP contribution in [0.5, 0.6) is 0 Å². The summed E-state index contributed by atoms with van der Waals surface area (Å²) in [5, 5.41) is 22.9. The molecule has 2 N–H and O–H groups in total. The molecule has 1 aromatic rings. The fraction of sp³-hybridized carbons (Fsp3) is 0.875. The Hall–Kier alpha value is -0.970. The standard InChI is InChI=1S/C8H16N4O/c1-2-3-4-5-7(13)6-8-9-11-12-10-8/h7,13H,2-6H2,1H3,(H,9,10,11,12)/t7-/m1/s1. The maximum Gasteiger partial charge on any atom is 0.177 e. The minimum absolute atomic E-state index is 0.329. The van der Waals surface area contributed by atoms with Crippen molar-refractivity contribution in [1.82, 2.24) is 20.6 Å². The molecule has 0 bridgehead atoms. The van der Waals surface area contributed by atoms with Gasteiger partial charge in [0, 0.05) is 6.42 Å². The number of aliphatic hydroxyl groups is 1. The van der Waals surface area contributed by atoms with Gasteiger partial charge in [-0.05, 0) is 6.42 Å². The van der Waals surface area contributed by atoms with Gasteiger partial charge in [0.1, 0.15) is 0 Å². The lowest BCUT2D eigenvalue weighted by Gasteiger charge is -2.06. The van der Waals surface area contributed by atoms with E-state index in [0.29, 0.717) is 12.2 Å². The van der Waals surface area contributed by atoms with E-state index in [1.165, 1.54) is 12.8 Å². The molecule has 0 spiro atoms. The maximum absolute atomic E-state index is 9.53. The van der Waals surface area contributed by atoms with Crippen LogP contribution in [-0.4, -0.2) is 31.8 Å². The molecule has 74 valence electrons. The average molecular weight is 184 g/mol. The summed E-state index contributed by atoms with van der Waals surface area (Å²) < 4.78 is 0. The van der Waals surface area contributed by atoms with Gasteiger partial charge in [-0.1, -0.05) is 31.4 Å². The first-order valence-electron chi connectivity index (χ1n) is 4.73. The van der Waals surface area contributed by atoms with Gasteiger partial charge in [0.2, 0.25) is 0 Å². The topological polar surface area (TPSA) is 74.7 Å². The van der Waals surface area contributed by atoms with Crippen LogP contribution < -0.4 is 0 Å². The van der Waals surface area contributed by atoms with E-state index in [2.05, 4.69) is 27.5 Å². The van der Waals surface area contributed by atoms with Crippen LogP contribution in [0.3, 0.4) is 0 Å². The van der Waals surface area contributed by atoms with Crippen LogP contribution in [0.4, 0.5) is 0 Å². The molecule has 0 radical (unpaired) electrons. The lowest BCUT2D eigenvalue weighted by Crippen LogP contribution is -2.11. The number of hydrogen-bond donors (Lipinski definition) is 2. The highest BCUT2D eigenvalue weighted by atomic mass is 16.3. The summed E-state index contributed by atoms with van der Waals surface area (Å²) in [6.45, 7) is 2.14. The van der Waals surface area contributed by atoms with Gasteiger partial charge in [-0.2, -0.15) is 5.21 Å². The number of rotatable bonds is 6. The van der Waals surface area contributed by atoms with Crippen LogP contribution in [-0.2, 0) is 6.42 Å². The summed E-state index contributed by atoms with van der Waals surface area (Å²) in [5.74, 6) is 0.587. The lowest BCUT2D eigenvalue weighted by atomic mass is 10.1. The van der Waals surface area contributed by atoms with Crippen molar-refractivity contribution in [3.63, 3.8) is 0 Å². The first-order chi connectivity index (χ1) is 6.33. The normalized spacial score (nSPS) is 13.1. The molecule has 5 heteroatoms. The molecule has 0 aromatic carbocycles. The highest BCUT2D eigenvalue weighted by Crippen LogP contribution is 2.05. The largest absolute Gasteiger partial charge is 0.393 e. The van der Waals surface area contributed by atoms with Crippen molar-refractivity contribution in [1.29, 1.82) is 0 Å². The predicted molar refractivity (Wildman–Crippen MR) is 48.0 cm³/mol. The van der Waals surface area contributed by atoms with Gasteiger partial charge in [0.25, 0.3) is 0 Å². The monoisotopic (exact) mass is 184 g/mol. The lowest BCUT2D eigenvalue weighted by molar-refractivity contribution is 0.159. The summed E-state index contributed by atoms with van der Waals surface area (Å²) >= 11 is 0. The van der Waals surface area contributed by atoms with Crippen molar-refractivity contribution in [2.75, 3.05) is 0 Å². The van der Waals surface area contributed by atoms with E-state index in [1.807, 2.05) is 0 Å². The second-order valence-electron chi connectivity index (χ2n) is 3.18. The highest BCUT2D eigenvalue weighted by Gasteiger charge is 2.07. The maximum atomic E-state index is 9.53. The van der Waals surface area contributed by atoms with Gasteiger partial charge in [0.05, 0.1) is 6.10 Å². The molecule has 1 aromatic heterocycles. The Bertz CT molecular complexity index is 212. The van der Waals surface area contributed by atoms with Crippen molar-refractivity contribution in [2.24, 2.45) is 0 Å². The third-order valence-electron chi connectivity index (χ3n) is 1.95. The number of aromatic amines is 1. The quantitative estimate of drug-likeness (QED) is 0.638. The minimum Gasteiger partial charge on any atom is -0.393 e. The number of aromatic nitrogens is 4. The number of nitrogens with one attached hydrogen (secondary N) is 1. The molecule has 1 rings (SSSR count). The molecule has 0 saturated carbocycles. The van der Waals surface area contributed by atoms with E-state index >= 15 is 0 Å². The first-order valence-corrected chi connectivity index (χ1v) is 4.73. The summed E-state index contributed by atoms with van der Waals surface area (Å²) in [6.07, 6.45) is 4.40. The Balaban J connectivity index is 2.14. The molecule has 0 amide bonds. The molecule has 0 unspecified atom stereocenters. The molecule has 0 aliphatic rings. The van der Waals surface area contributed by atoms with Crippen molar-refractivity contribution < 1.29 is 5.11 Å². The summed E-state index contributed by atoms with van der Waals surface area (Å²) in [7, 11) is 0. The zero-order chi connectivity index (χ0) is 9.52. The van der Waals surface area contributed by atoms with Crippen LogP contribution in [0.15, 0.2) is 0 Å². The van der Waals surface area contributed by atoms with Gasteiger partial charge in [-0.25, -0.2) is 0 Å². The van der Waals surface area contributed by atoms with E-state index < -0.39 is 0 Å². The molecule has 0 saturated heterocycles. The molecular formula is C8H16N4O. The fourth-order valence-corrected chi connectivity index (χ4v) is 1.21. The Morgan fingerprint density at radius 1 is 1.46 bits per heavy atom. The third-order valence-corrected chi connectivity index (χ3v) is 1.95. The van der Waals surface area contributed by atoms with Crippen LogP contribution in [0.1, 0.15) is 38.4 Å².